The maximum atomic E-state index is 12.6. The van der Waals surface area contributed by atoms with Crippen molar-refractivity contribution in [1.82, 2.24) is 4.98 Å². The van der Waals surface area contributed by atoms with Crippen molar-refractivity contribution in [2.75, 3.05) is 11.6 Å². The monoisotopic (exact) mass is 424 g/mol. The summed E-state index contributed by atoms with van der Waals surface area (Å²) in [5, 5.41) is 3.15. The molecule has 146 valence electrons. The Morgan fingerprint density at radius 1 is 0.966 bits per heavy atom. The number of nitrogens with zero attached hydrogens (tertiary/aromatic N) is 1. The van der Waals surface area contributed by atoms with Crippen LogP contribution < -0.4 is 10.1 Å². The fraction of sp³-hybridized carbons (Fsp3) is 0.0476. The number of thiazole rings is 1. The van der Waals surface area contributed by atoms with Gasteiger partial charge in [-0.15, -0.1) is 0 Å². The van der Waals surface area contributed by atoms with E-state index in [2.05, 4.69) is 10.3 Å². The van der Waals surface area contributed by atoms with Crippen molar-refractivity contribution in [2.24, 2.45) is 0 Å². The van der Waals surface area contributed by atoms with Gasteiger partial charge in [-0.2, -0.15) is 0 Å². The molecule has 0 spiro atoms. The van der Waals surface area contributed by atoms with Gasteiger partial charge in [0.15, 0.2) is 15.0 Å². The quantitative estimate of drug-likeness (QED) is 0.500. The first kappa shape index (κ1) is 19.1. The molecule has 0 saturated carbocycles. The lowest BCUT2D eigenvalue weighted by Crippen LogP contribution is -2.11. The molecule has 8 heteroatoms. The molecule has 6 nitrogen and oxygen atoms in total. The highest BCUT2D eigenvalue weighted by molar-refractivity contribution is 7.90. The van der Waals surface area contributed by atoms with E-state index in [4.69, 9.17) is 4.74 Å². The number of carbonyl (C=O) groups is 1. The number of fused-ring (bicyclic) bond motifs is 1. The van der Waals surface area contributed by atoms with Gasteiger partial charge in [0, 0.05) is 11.8 Å². The number of aromatic nitrogens is 1. The number of rotatable bonds is 5. The Kier molecular flexibility index (Phi) is 5.04. The van der Waals surface area contributed by atoms with Crippen molar-refractivity contribution in [1.29, 1.82) is 0 Å². The zero-order chi connectivity index (χ0) is 20.4. The second kappa shape index (κ2) is 7.65. The number of para-hydroxylation sites is 1. The zero-order valence-corrected chi connectivity index (χ0v) is 17.0. The van der Waals surface area contributed by atoms with Crippen molar-refractivity contribution >= 4 is 42.4 Å². The molecule has 4 aromatic rings. The third kappa shape index (κ3) is 4.44. The largest absolute Gasteiger partial charge is 0.457 e. The first-order valence-electron chi connectivity index (χ1n) is 8.63. The number of ether oxygens (including phenoxy) is 1. The van der Waals surface area contributed by atoms with Crippen LogP contribution in [0, 0.1) is 0 Å². The number of hydrogen-bond donors (Lipinski definition) is 1. The van der Waals surface area contributed by atoms with Crippen LogP contribution in [0.25, 0.3) is 10.2 Å². The number of hydrogen-bond acceptors (Lipinski definition) is 6. The van der Waals surface area contributed by atoms with E-state index in [1.807, 2.05) is 30.3 Å². The standard InChI is InChI=1S/C21H16N2O4S2/c1-29(25,26)17-10-11-18-19(13-17)28-21(22-18)23-20(24)14-6-5-9-16(12-14)27-15-7-3-2-4-8-15/h2-13H,1H3,(H,22,23,24). The van der Waals surface area contributed by atoms with Crippen molar-refractivity contribution < 1.29 is 17.9 Å². The van der Waals surface area contributed by atoms with Crippen molar-refractivity contribution in [3.63, 3.8) is 0 Å². The van der Waals surface area contributed by atoms with E-state index < -0.39 is 9.84 Å². The molecule has 1 heterocycles. The van der Waals surface area contributed by atoms with Crippen LogP contribution in [0.5, 0.6) is 11.5 Å². The Balaban J connectivity index is 1.54. The molecule has 4 rings (SSSR count). The van der Waals surface area contributed by atoms with Crippen LogP contribution in [-0.4, -0.2) is 25.6 Å². The molecule has 0 aliphatic rings. The van der Waals surface area contributed by atoms with Crippen LogP contribution in [0.15, 0.2) is 77.7 Å². The molecule has 0 fully saturated rings. The topological polar surface area (TPSA) is 85.4 Å². The zero-order valence-electron chi connectivity index (χ0n) is 15.3. The van der Waals surface area contributed by atoms with E-state index in [9.17, 15) is 13.2 Å². The second-order valence-corrected chi connectivity index (χ2v) is 9.36. The first-order valence-corrected chi connectivity index (χ1v) is 11.3. The Morgan fingerprint density at radius 3 is 2.48 bits per heavy atom. The molecule has 0 aliphatic carbocycles. The van der Waals surface area contributed by atoms with E-state index in [-0.39, 0.29) is 10.8 Å². The number of carbonyl (C=O) groups excluding carboxylic acids is 1. The summed E-state index contributed by atoms with van der Waals surface area (Å²) >= 11 is 1.22. The van der Waals surface area contributed by atoms with Gasteiger partial charge in [0.2, 0.25) is 0 Å². The molecule has 0 unspecified atom stereocenters. The van der Waals surface area contributed by atoms with Gasteiger partial charge >= 0.3 is 0 Å². The molecule has 0 saturated heterocycles. The number of sulfone groups is 1. The fourth-order valence-corrected chi connectivity index (χ4v) is 4.31. The maximum Gasteiger partial charge on any atom is 0.257 e. The van der Waals surface area contributed by atoms with Crippen LogP contribution in [0.4, 0.5) is 5.13 Å². The third-order valence-corrected chi connectivity index (χ3v) is 6.13. The summed E-state index contributed by atoms with van der Waals surface area (Å²) in [5.74, 6) is 0.898. The van der Waals surface area contributed by atoms with Gasteiger partial charge in [-0.05, 0) is 48.5 Å². The smallest absolute Gasteiger partial charge is 0.257 e. The molecule has 0 aliphatic heterocycles. The number of benzene rings is 3. The van der Waals surface area contributed by atoms with Gasteiger partial charge in [-0.25, -0.2) is 13.4 Å². The fourth-order valence-electron chi connectivity index (χ4n) is 2.68. The average molecular weight is 425 g/mol. The molecule has 1 amide bonds. The molecule has 1 aromatic heterocycles. The van der Waals surface area contributed by atoms with E-state index >= 15 is 0 Å². The molecule has 29 heavy (non-hydrogen) atoms. The minimum Gasteiger partial charge on any atom is -0.457 e. The summed E-state index contributed by atoms with van der Waals surface area (Å²) < 4.78 is 29.9. The van der Waals surface area contributed by atoms with Crippen LogP contribution in [0.3, 0.4) is 0 Å². The van der Waals surface area contributed by atoms with Crippen LogP contribution in [0.2, 0.25) is 0 Å². The summed E-state index contributed by atoms with van der Waals surface area (Å²) in [5.41, 5.74) is 1.05. The van der Waals surface area contributed by atoms with Crippen molar-refractivity contribution in [3.8, 4) is 11.5 Å². The van der Waals surface area contributed by atoms with Gasteiger partial charge in [0.05, 0.1) is 15.1 Å². The lowest BCUT2D eigenvalue weighted by atomic mass is 10.2. The normalized spacial score (nSPS) is 11.3. The van der Waals surface area contributed by atoms with E-state index in [0.717, 1.165) is 6.26 Å². The van der Waals surface area contributed by atoms with E-state index in [1.54, 1.807) is 36.4 Å². The Bertz CT molecular complexity index is 1300. The second-order valence-electron chi connectivity index (χ2n) is 6.32. The lowest BCUT2D eigenvalue weighted by Gasteiger charge is -2.07. The lowest BCUT2D eigenvalue weighted by molar-refractivity contribution is 0.102. The predicted molar refractivity (Wildman–Crippen MR) is 114 cm³/mol. The summed E-state index contributed by atoms with van der Waals surface area (Å²) in [4.78, 5) is 17.2. The summed E-state index contributed by atoms with van der Waals surface area (Å²) in [7, 11) is -3.30. The molecule has 1 N–H and O–H groups in total. The predicted octanol–water partition coefficient (Wildman–Crippen LogP) is 4.74. The van der Waals surface area contributed by atoms with Crippen LogP contribution >= 0.6 is 11.3 Å². The number of amides is 1. The highest BCUT2D eigenvalue weighted by atomic mass is 32.2. The first-order chi connectivity index (χ1) is 13.9. The summed E-state index contributed by atoms with van der Waals surface area (Å²) in [6.07, 6.45) is 1.16. The van der Waals surface area contributed by atoms with Crippen LogP contribution in [0.1, 0.15) is 10.4 Å². The Morgan fingerprint density at radius 2 is 1.72 bits per heavy atom. The molecule has 0 bridgehead atoms. The third-order valence-electron chi connectivity index (χ3n) is 4.08. The minimum absolute atomic E-state index is 0.220. The van der Waals surface area contributed by atoms with Gasteiger partial charge in [0.1, 0.15) is 11.5 Å². The molecule has 3 aromatic carbocycles. The van der Waals surface area contributed by atoms with E-state index in [1.165, 1.54) is 17.4 Å². The minimum atomic E-state index is -3.30. The SMILES string of the molecule is CS(=O)(=O)c1ccc2nc(NC(=O)c3cccc(Oc4ccccc4)c3)sc2c1. The Hall–Kier alpha value is -3.23. The van der Waals surface area contributed by atoms with Crippen LogP contribution in [-0.2, 0) is 9.84 Å². The van der Waals surface area contributed by atoms with Gasteiger partial charge in [-0.3, -0.25) is 10.1 Å². The van der Waals surface area contributed by atoms with Crippen molar-refractivity contribution in [2.45, 2.75) is 4.90 Å². The van der Waals surface area contributed by atoms with Gasteiger partial charge in [-0.1, -0.05) is 35.6 Å². The highest BCUT2D eigenvalue weighted by Crippen LogP contribution is 2.29. The van der Waals surface area contributed by atoms with Crippen molar-refractivity contribution in [3.05, 3.63) is 78.4 Å². The molecular weight excluding hydrogens is 408 g/mol. The highest BCUT2D eigenvalue weighted by Gasteiger charge is 2.13. The molecular formula is C21H16N2O4S2. The number of nitrogens with one attached hydrogen (secondary N) is 1. The average Bonchev–Trinajstić information content (AvgIpc) is 3.09. The Labute approximate surface area is 171 Å². The summed E-state index contributed by atoms with van der Waals surface area (Å²) in [6.45, 7) is 0. The molecule has 0 atom stereocenters. The summed E-state index contributed by atoms with van der Waals surface area (Å²) in [6, 6.07) is 20.8. The number of anilines is 1. The van der Waals surface area contributed by atoms with E-state index in [0.29, 0.717) is 32.4 Å². The molecule has 0 radical (unpaired) electrons. The maximum absolute atomic E-state index is 12.6. The van der Waals surface area contributed by atoms with Gasteiger partial charge < -0.3 is 4.74 Å². The van der Waals surface area contributed by atoms with Gasteiger partial charge in [0.25, 0.3) is 5.91 Å².